The van der Waals surface area contributed by atoms with Gasteiger partial charge < -0.3 is 15.5 Å². The number of carbonyl (C=O) groups excluding carboxylic acids is 2. The van der Waals surface area contributed by atoms with Crippen LogP contribution in [0.4, 0.5) is 4.79 Å². The molecule has 0 spiro atoms. The minimum atomic E-state index is -3.44. The van der Waals surface area contributed by atoms with E-state index in [-0.39, 0.29) is 36.1 Å². The molecule has 8 heteroatoms. The van der Waals surface area contributed by atoms with Crippen molar-refractivity contribution in [3.05, 3.63) is 0 Å². The number of hydrogen-bond acceptors (Lipinski definition) is 4. The Bertz CT molecular complexity index is 704. The van der Waals surface area contributed by atoms with Crippen LogP contribution in [-0.4, -0.2) is 60.4 Å². The SMILES string of the molecule is CC1CCCN1C(=O)CNC(=O)NC1(CS(=O)(=O)C(C)(C)C)C(C)CCCC1C. The maximum absolute atomic E-state index is 13.0. The molecule has 3 atom stereocenters. The Morgan fingerprint density at radius 3 is 2.10 bits per heavy atom. The van der Waals surface area contributed by atoms with Crippen molar-refractivity contribution in [3.8, 4) is 0 Å². The van der Waals surface area contributed by atoms with Crippen LogP contribution in [0.2, 0.25) is 0 Å². The molecule has 2 aliphatic rings. The number of amides is 3. The predicted molar refractivity (Wildman–Crippen MR) is 115 cm³/mol. The van der Waals surface area contributed by atoms with E-state index in [2.05, 4.69) is 10.6 Å². The van der Waals surface area contributed by atoms with Crippen LogP contribution in [0.3, 0.4) is 0 Å². The van der Waals surface area contributed by atoms with Crippen molar-refractivity contribution in [1.29, 1.82) is 0 Å². The number of hydrogen-bond donors (Lipinski definition) is 2. The minimum Gasteiger partial charge on any atom is -0.338 e. The molecule has 2 N–H and O–H groups in total. The predicted octanol–water partition coefficient (Wildman–Crippen LogP) is 2.70. The maximum Gasteiger partial charge on any atom is 0.315 e. The van der Waals surface area contributed by atoms with Crippen LogP contribution in [0.1, 0.15) is 73.6 Å². The zero-order valence-corrected chi connectivity index (χ0v) is 19.7. The van der Waals surface area contributed by atoms with E-state index >= 15 is 0 Å². The van der Waals surface area contributed by atoms with Gasteiger partial charge in [-0.05, 0) is 65.2 Å². The first-order chi connectivity index (χ1) is 13.3. The summed E-state index contributed by atoms with van der Waals surface area (Å²) in [5.41, 5.74) is -0.835. The van der Waals surface area contributed by atoms with Crippen LogP contribution >= 0.6 is 0 Å². The van der Waals surface area contributed by atoms with Crippen molar-refractivity contribution in [2.24, 2.45) is 11.8 Å². The zero-order chi connectivity index (χ0) is 22.0. The van der Waals surface area contributed by atoms with Gasteiger partial charge in [0.25, 0.3) is 0 Å². The summed E-state index contributed by atoms with van der Waals surface area (Å²) in [5.74, 6) is -0.116. The lowest BCUT2D eigenvalue weighted by atomic mass is 9.68. The molecule has 0 aromatic rings. The number of sulfone groups is 1. The first-order valence-corrected chi connectivity index (χ1v) is 12.5. The third-order valence-corrected chi connectivity index (χ3v) is 9.74. The quantitative estimate of drug-likeness (QED) is 0.702. The molecule has 1 saturated heterocycles. The van der Waals surface area contributed by atoms with Crippen molar-refractivity contribution in [1.82, 2.24) is 15.5 Å². The number of urea groups is 1. The molecule has 0 aromatic heterocycles. The Kier molecular flexibility index (Phi) is 7.29. The van der Waals surface area contributed by atoms with E-state index in [9.17, 15) is 18.0 Å². The number of carbonyl (C=O) groups is 2. The van der Waals surface area contributed by atoms with Gasteiger partial charge >= 0.3 is 6.03 Å². The Morgan fingerprint density at radius 2 is 1.62 bits per heavy atom. The van der Waals surface area contributed by atoms with Gasteiger partial charge in [-0.15, -0.1) is 0 Å². The zero-order valence-electron chi connectivity index (χ0n) is 18.9. The van der Waals surface area contributed by atoms with Gasteiger partial charge in [0.05, 0.1) is 22.6 Å². The Labute approximate surface area is 176 Å². The van der Waals surface area contributed by atoms with E-state index in [0.29, 0.717) is 0 Å². The van der Waals surface area contributed by atoms with E-state index in [0.717, 1.165) is 38.6 Å². The second-order valence-electron chi connectivity index (χ2n) is 10.0. The van der Waals surface area contributed by atoms with Gasteiger partial charge in [0.1, 0.15) is 0 Å². The summed E-state index contributed by atoms with van der Waals surface area (Å²) >= 11 is 0. The summed E-state index contributed by atoms with van der Waals surface area (Å²) in [5, 5.41) is 5.70. The first-order valence-electron chi connectivity index (χ1n) is 10.9. The van der Waals surface area contributed by atoms with Crippen LogP contribution in [0, 0.1) is 11.8 Å². The molecule has 3 amide bonds. The molecule has 168 valence electrons. The fourth-order valence-corrected chi connectivity index (χ4v) is 6.35. The minimum absolute atomic E-state index is 0.0310. The highest BCUT2D eigenvalue weighted by Crippen LogP contribution is 2.40. The van der Waals surface area contributed by atoms with Gasteiger partial charge in [-0.3, -0.25) is 4.79 Å². The molecule has 1 aliphatic heterocycles. The van der Waals surface area contributed by atoms with Crippen LogP contribution < -0.4 is 10.6 Å². The van der Waals surface area contributed by atoms with Crippen molar-refractivity contribution < 1.29 is 18.0 Å². The lowest BCUT2D eigenvalue weighted by molar-refractivity contribution is -0.130. The van der Waals surface area contributed by atoms with Crippen molar-refractivity contribution in [2.45, 2.75) is 90.0 Å². The van der Waals surface area contributed by atoms with E-state index in [1.165, 1.54) is 0 Å². The van der Waals surface area contributed by atoms with Gasteiger partial charge in [-0.1, -0.05) is 20.3 Å². The van der Waals surface area contributed by atoms with Gasteiger partial charge in [-0.25, -0.2) is 13.2 Å². The highest BCUT2D eigenvalue weighted by molar-refractivity contribution is 7.92. The topological polar surface area (TPSA) is 95.6 Å². The van der Waals surface area contributed by atoms with Gasteiger partial charge in [0, 0.05) is 12.6 Å². The molecule has 0 aromatic carbocycles. The van der Waals surface area contributed by atoms with Gasteiger partial charge in [-0.2, -0.15) is 0 Å². The smallest absolute Gasteiger partial charge is 0.315 e. The molecule has 0 radical (unpaired) electrons. The van der Waals surface area contributed by atoms with Crippen LogP contribution in [0.25, 0.3) is 0 Å². The van der Waals surface area contributed by atoms with E-state index < -0.39 is 26.2 Å². The molecule has 2 rings (SSSR count). The third kappa shape index (κ3) is 5.25. The van der Waals surface area contributed by atoms with E-state index in [4.69, 9.17) is 0 Å². The fourth-order valence-electron chi connectivity index (χ4n) is 4.65. The molecule has 1 heterocycles. The number of nitrogens with one attached hydrogen (secondary N) is 2. The van der Waals surface area contributed by atoms with Gasteiger partial charge in [0.15, 0.2) is 9.84 Å². The fraction of sp³-hybridized carbons (Fsp3) is 0.905. The highest BCUT2D eigenvalue weighted by Gasteiger charge is 2.49. The number of rotatable bonds is 5. The lowest BCUT2D eigenvalue weighted by Gasteiger charge is -2.48. The molecule has 1 aliphatic carbocycles. The normalized spacial score (nSPS) is 30.8. The Morgan fingerprint density at radius 1 is 1.03 bits per heavy atom. The average molecular weight is 430 g/mol. The summed E-state index contributed by atoms with van der Waals surface area (Å²) in [6.07, 6.45) is 4.74. The summed E-state index contributed by atoms with van der Waals surface area (Å²) in [6.45, 7) is 11.8. The summed E-state index contributed by atoms with van der Waals surface area (Å²) < 4.78 is 25.2. The largest absolute Gasteiger partial charge is 0.338 e. The summed E-state index contributed by atoms with van der Waals surface area (Å²) in [7, 11) is -3.44. The molecule has 1 saturated carbocycles. The lowest BCUT2D eigenvalue weighted by Crippen LogP contribution is -2.65. The summed E-state index contributed by atoms with van der Waals surface area (Å²) in [4.78, 5) is 27.0. The monoisotopic (exact) mass is 429 g/mol. The molecule has 29 heavy (non-hydrogen) atoms. The number of likely N-dealkylation sites (tertiary alicyclic amines) is 1. The van der Waals surface area contributed by atoms with E-state index in [1.807, 2.05) is 20.8 Å². The third-order valence-electron chi connectivity index (χ3n) is 7.01. The standard InChI is InChI=1S/C21H39N3O4S/c1-15-9-7-10-16(2)21(15,14-29(27,28)20(4,5)6)23-19(26)22-13-18(25)24-12-8-11-17(24)3/h15-17H,7-14H2,1-6H3,(H2,22,23,26). The number of nitrogens with zero attached hydrogens (tertiary/aromatic N) is 1. The first kappa shape index (κ1) is 24.0. The van der Waals surface area contributed by atoms with Crippen LogP contribution in [0.15, 0.2) is 0 Å². The molecular formula is C21H39N3O4S. The molecular weight excluding hydrogens is 390 g/mol. The Balaban J connectivity index is 2.13. The van der Waals surface area contributed by atoms with E-state index in [1.54, 1.807) is 25.7 Å². The van der Waals surface area contributed by atoms with Gasteiger partial charge in [0.2, 0.25) is 5.91 Å². The second-order valence-corrected chi connectivity index (χ2v) is 12.8. The Hall–Kier alpha value is -1.31. The van der Waals surface area contributed by atoms with Crippen molar-refractivity contribution in [3.63, 3.8) is 0 Å². The van der Waals surface area contributed by atoms with Crippen molar-refractivity contribution >= 4 is 21.8 Å². The van der Waals surface area contributed by atoms with Crippen LogP contribution in [0.5, 0.6) is 0 Å². The molecule has 3 unspecified atom stereocenters. The molecule has 7 nitrogen and oxygen atoms in total. The molecule has 0 bridgehead atoms. The second kappa shape index (κ2) is 8.82. The average Bonchev–Trinajstić information content (AvgIpc) is 3.02. The highest BCUT2D eigenvalue weighted by atomic mass is 32.2. The van der Waals surface area contributed by atoms with Crippen LogP contribution in [-0.2, 0) is 14.6 Å². The summed E-state index contributed by atoms with van der Waals surface area (Å²) in [6, 6.07) is -0.260. The maximum atomic E-state index is 13.0. The molecule has 2 fully saturated rings. The van der Waals surface area contributed by atoms with Crippen molar-refractivity contribution in [2.75, 3.05) is 18.8 Å².